The Kier molecular flexibility index (Phi) is 2.36. The average Bonchev–Trinajstić information content (AvgIpc) is 2.51. The number of nitrogens with zero attached hydrogens (tertiary/aromatic N) is 1. The van der Waals surface area contributed by atoms with Gasteiger partial charge in [-0.25, -0.2) is 4.21 Å². The first kappa shape index (κ1) is 8.75. The molecule has 0 N–H and O–H groups in total. The molecule has 0 aliphatic carbocycles. The predicted octanol–water partition coefficient (Wildman–Crippen LogP) is 1.87. The van der Waals surface area contributed by atoms with Crippen molar-refractivity contribution in [1.82, 2.24) is 0 Å². The number of anilines is 1. The highest BCUT2D eigenvalue weighted by Crippen LogP contribution is 2.21. The monoisotopic (exact) mass is 195 g/mol. The van der Waals surface area contributed by atoms with Gasteiger partial charge >= 0.3 is 0 Å². The zero-order valence-electron chi connectivity index (χ0n) is 7.69. The number of aryl methyl sites for hydroxylation is 1. The lowest BCUT2D eigenvalue weighted by Gasteiger charge is -2.15. The SMILES string of the molecule is Cc1cccc(N2CCCS2=O)c1. The summed E-state index contributed by atoms with van der Waals surface area (Å²) in [4.78, 5) is 0. The molecule has 0 spiro atoms. The van der Waals surface area contributed by atoms with Gasteiger partial charge in [-0.15, -0.1) is 0 Å². The van der Waals surface area contributed by atoms with Gasteiger partial charge in [0, 0.05) is 18.0 Å². The standard InChI is InChI=1S/C10H13NOS/c1-9-4-2-5-10(8-9)11-6-3-7-13(11)12/h2,4-5,8H,3,6-7H2,1H3. The van der Waals surface area contributed by atoms with Gasteiger partial charge < -0.3 is 0 Å². The van der Waals surface area contributed by atoms with Crippen LogP contribution in [0.15, 0.2) is 24.3 Å². The lowest BCUT2D eigenvalue weighted by molar-refractivity contribution is 0.685. The summed E-state index contributed by atoms with van der Waals surface area (Å²) >= 11 is 0. The van der Waals surface area contributed by atoms with Crippen LogP contribution in [0.25, 0.3) is 0 Å². The van der Waals surface area contributed by atoms with Crippen molar-refractivity contribution in [3.63, 3.8) is 0 Å². The third-order valence-electron chi connectivity index (χ3n) is 2.22. The van der Waals surface area contributed by atoms with Crippen LogP contribution in [-0.2, 0) is 11.0 Å². The van der Waals surface area contributed by atoms with Crippen LogP contribution in [0.2, 0.25) is 0 Å². The number of benzene rings is 1. The van der Waals surface area contributed by atoms with E-state index < -0.39 is 11.0 Å². The molecule has 0 amide bonds. The summed E-state index contributed by atoms with van der Waals surface area (Å²) in [6, 6.07) is 8.18. The fourth-order valence-corrected chi connectivity index (χ4v) is 2.85. The van der Waals surface area contributed by atoms with Gasteiger partial charge in [-0.3, -0.25) is 4.31 Å². The highest BCUT2D eigenvalue weighted by molar-refractivity contribution is 7.86. The quantitative estimate of drug-likeness (QED) is 0.670. The van der Waals surface area contributed by atoms with E-state index >= 15 is 0 Å². The predicted molar refractivity (Wildman–Crippen MR) is 56.2 cm³/mol. The van der Waals surface area contributed by atoms with Gasteiger partial charge in [0.2, 0.25) is 0 Å². The van der Waals surface area contributed by atoms with Gasteiger partial charge in [-0.2, -0.15) is 0 Å². The van der Waals surface area contributed by atoms with E-state index in [4.69, 9.17) is 0 Å². The second-order valence-electron chi connectivity index (χ2n) is 3.32. The Balaban J connectivity index is 2.29. The van der Waals surface area contributed by atoms with Crippen molar-refractivity contribution < 1.29 is 4.21 Å². The molecular weight excluding hydrogens is 182 g/mol. The second-order valence-corrected chi connectivity index (χ2v) is 4.81. The molecule has 1 aromatic carbocycles. The van der Waals surface area contributed by atoms with E-state index in [1.165, 1.54) is 5.56 Å². The van der Waals surface area contributed by atoms with Crippen LogP contribution >= 0.6 is 0 Å². The molecule has 70 valence electrons. The van der Waals surface area contributed by atoms with Gasteiger partial charge in [-0.1, -0.05) is 12.1 Å². The Labute approximate surface area is 81.2 Å². The van der Waals surface area contributed by atoms with Gasteiger partial charge in [0.25, 0.3) is 0 Å². The summed E-state index contributed by atoms with van der Waals surface area (Å²) in [5, 5.41) is 0. The minimum absolute atomic E-state index is 0.787. The Morgan fingerprint density at radius 2 is 2.31 bits per heavy atom. The van der Waals surface area contributed by atoms with Crippen molar-refractivity contribution in [3.8, 4) is 0 Å². The average molecular weight is 195 g/mol. The maximum atomic E-state index is 11.5. The first-order valence-electron chi connectivity index (χ1n) is 4.50. The van der Waals surface area contributed by atoms with E-state index in [9.17, 15) is 4.21 Å². The van der Waals surface area contributed by atoms with Crippen molar-refractivity contribution >= 4 is 16.7 Å². The molecule has 1 atom stereocenters. The minimum atomic E-state index is -0.787. The van der Waals surface area contributed by atoms with Gasteiger partial charge in [0.1, 0.15) is 11.0 Å². The highest BCUT2D eigenvalue weighted by Gasteiger charge is 2.19. The van der Waals surface area contributed by atoms with Crippen LogP contribution in [-0.4, -0.2) is 16.5 Å². The highest BCUT2D eigenvalue weighted by atomic mass is 32.2. The lowest BCUT2D eigenvalue weighted by atomic mass is 10.2. The number of hydrogen-bond acceptors (Lipinski definition) is 1. The molecule has 1 heterocycles. The summed E-state index contributed by atoms with van der Waals surface area (Å²) < 4.78 is 13.5. The van der Waals surface area contributed by atoms with Crippen LogP contribution in [0.4, 0.5) is 5.69 Å². The summed E-state index contributed by atoms with van der Waals surface area (Å²) in [7, 11) is -0.787. The van der Waals surface area contributed by atoms with E-state index in [2.05, 4.69) is 19.1 Å². The Hall–Kier alpha value is -0.830. The first-order valence-corrected chi connectivity index (χ1v) is 5.77. The summed E-state index contributed by atoms with van der Waals surface area (Å²) in [6.45, 7) is 2.98. The largest absolute Gasteiger partial charge is 0.292 e. The van der Waals surface area contributed by atoms with Crippen LogP contribution in [0.1, 0.15) is 12.0 Å². The fourth-order valence-electron chi connectivity index (χ4n) is 1.57. The second kappa shape index (κ2) is 3.50. The fraction of sp³-hybridized carbons (Fsp3) is 0.400. The molecule has 0 bridgehead atoms. The molecule has 2 rings (SSSR count). The Morgan fingerprint density at radius 1 is 1.46 bits per heavy atom. The third kappa shape index (κ3) is 1.75. The zero-order chi connectivity index (χ0) is 9.26. The van der Waals surface area contributed by atoms with Crippen LogP contribution in [0, 0.1) is 6.92 Å². The molecule has 1 aromatic rings. The molecule has 1 unspecified atom stereocenters. The van der Waals surface area contributed by atoms with Crippen molar-refractivity contribution in [1.29, 1.82) is 0 Å². The number of hydrogen-bond donors (Lipinski definition) is 0. The summed E-state index contributed by atoms with van der Waals surface area (Å²) in [6.07, 6.45) is 1.04. The van der Waals surface area contributed by atoms with Crippen LogP contribution in [0.3, 0.4) is 0 Å². The van der Waals surface area contributed by atoms with Crippen molar-refractivity contribution in [2.24, 2.45) is 0 Å². The molecule has 2 nitrogen and oxygen atoms in total. The minimum Gasteiger partial charge on any atom is -0.292 e. The zero-order valence-corrected chi connectivity index (χ0v) is 8.51. The normalized spacial score (nSPS) is 22.2. The van der Waals surface area contributed by atoms with Gasteiger partial charge in [0.05, 0.1) is 0 Å². The maximum absolute atomic E-state index is 11.5. The molecule has 0 saturated carbocycles. The summed E-state index contributed by atoms with van der Waals surface area (Å²) in [5.41, 5.74) is 2.32. The number of rotatable bonds is 1. The lowest BCUT2D eigenvalue weighted by Crippen LogP contribution is -2.19. The molecular formula is C10H13NOS. The van der Waals surface area contributed by atoms with Gasteiger partial charge in [0.15, 0.2) is 0 Å². The summed E-state index contributed by atoms with van der Waals surface area (Å²) in [5.74, 6) is 0.813. The van der Waals surface area contributed by atoms with Gasteiger partial charge in [-0.05, 0) is 31.0 Å². The van der Waals surface area contributed by atoms with E-state index in [-0.39, 0.29) is 0 Å². The molecule has 1 aliphatic heterocycles. The Morgan fingerprint density at radius 3 is 2.92 bits per heavy atom. The molecule has 0 radical (unpaired) electrons. The maximum Gasteiger partial charge on any atom is 0.119 e. The Bertz CT molecular complexity index is 337. The van der Waals surface area contributed by atoms with Crippen molar-refractivity contribution in [2.45, 2.75) is 13.3 Å². The molecule has 1 saturated heterocycles. The molecule has 1 aliphatic rings. The van der Waals surface area contributed by atoms with E-state index in [1.54, 1.807) is 0 Å². The molecule has 0 aromatic heterocycles. The van der Waals surface area contributed by atoms with Crippen LogP contribution < -0.4 is 4.31 Å². The topological polar surface area (TPSA) is 20.3 Å². The molecule has 13 heavy (non-hydrogen) atoms. The van der Waals surface area contributed by atoms with E-state index in [0.29, 0.717) is 0 Å². The van der Waals surface area contributed by atoms with E-state index in [0.717, 1.165) is 24.4 Å². The molecule has 1 fully saturated rings. The van der Waals surface area contributed by atoms with Crippen LogP contribution in [0.5, 0.6) is 0 Å². The van der Waals surface area contributed by atoms with E-state index in [1.807, 2.05) is 16.4 Å². The smallest absolute Gasteiger partial charge is 0.119 e. The van der Waals surface area contributed by atoms with Crippen molar-refractivity contribution in [3.05, 3.63) is 29.8 Å². The third-order valence-corrected chi connectivity index (χ3v) is 3.74. The first-order chi connectivity index (χ1) is 6.27. The molecule has 3 heteroatoms. The van der Waals surface area contributed by atoms with Crippen molar-refractivity contribution in [2.75, 3.05) is 16.6 Å².